The van der Waals surface area contributed by atoms with Gasteiger partial charge >= 0.3 is 0 Å². The minimum absolute atomic E-state index is 0.577. The van der Waals surface area contributed by atoms with Crippen LogP contribution in [0.25, 0.3) is 22.6 Å². The van der Waals surface area contributed by atoms with Crippen molar-refractivity contribution in [1.82, 2.24) is 9.97 Å². The van der Waals surface area contributed by atoms with Crippen molar-refractivity contribution in [2.75, 3.05) is 6.61 Å². The summed E-state index contributed by atoms with van der Waals surface area (Å²) in [6.07, 6.45) is 6.83. The van der Waals surface area contributed by atoms with Crippen LogP contribution in [0.4, 0.5) is 0 Å². The fraction of sp³-hybridized carbons (Fsp3) is 0.333. The summed E-state index contributed by atoms with van der Waals surface area (Å²) in [5.41, 5.74) is 3.66. The van der Waals surface area contributed by atoms with Gasteiger partial charge < -0.3 is 9.15 Å². The van der Waals surface area contributed by atoms with Crippen LogP contribution in [0.5, 0.6) is 5.75 Å². The molecule has 22 heavy (non-hydrogen) atoms. The summed E-state index contributed by atoms with van der Waals surface area (Å²) < 4.78 is 11.7. The quantitative estimate of drug-likeness (QED) is 0.615. The SMILES string of the molecule is CCCCCOc1cnccc1-c1nc2cc(C)ccc2o1. The zero-order valence-corrected chi connectivity index (χ0v) is 13.0. The number of hydrogen-bond acceptors (Lipinski definition) is 4. The molecule has 0 N–H and O–H groups in total. The molecule has 4 nitrogen and oxygen atoms in total. The van der Waals surface area contributed by atoms with E-state index in [-0.39, 0.29) is 0 Å². The zero-order valence-electron chi connectivity index (χ0n) is 13.0. The third-order valence-corrected chi connectivity index (χ3v) is 3.56. The lowest BCUT2D eigenvalue weighted by Gasteiger charge is -2.08. The van der Waals surface area contributed by atoms with Gasteiger partial charge in [0.2, 0.25) is 5.89 Å². The van der Waals surface area contributed by atoms with Crippen molar-refractivity contribution in [3.8, 4) is 17.2 Å². The van der Waals surface area contributed by atoms with E-state index in [9.17, 15) is 0 Å². The van der Waals surface area contributed by atoms with Gasteiger partial charge in [0.15, 0.2) is 5.58 Å². The van der Waals surface area contributed by atoms with Crippen LogP contribution in [0.1, 0.15) is 31.7 Å². The van der Waals surface area contributed by atoms with Crippen LogP contribution in [0.3, 0.4) is 0 Å². The Morgan fingerprint density at radius 3 is 2.95 bits per heavy atom. The topological polar surface area (TPSA) is 48.2 Å². The highest BCUT2D eigenvalue weighted by atomic mass is 16.5. The molecule has 114 valence electrons. The van der Waals surface area contributed by atoms with Gasteiger partial charge in [0.25, 0.3) is 0 Å². The van der Waals surface area contributed by atoms with Crippen LogP contribution in [0, 0.1) is 6.92 Å². The first-order valence-corrected chi connectivity index (χ1v) is 7.72. The molecule has 3 aromatic rings. The molecule has 3 rings (SSSR count). The van der Waals surface area contributed by atoms with Gasteiger partial charge in [-0.25, -0.2) is 4.98 Å². The molecular formula is C18H20N2O2. The molecule has 0 atom stereocenters. The normalized spacial score (nSPS) is 11.0. The summed E-state index contributed by atoms with van der Waals surface area (Å²) in [5.74, 6) is 1.30. The summed E-state index contributed by atoms with van der Waals surface area (Å²) in [4.78, 5) is 8.72. The summed E-state index contributed by atoms with van der Waals surface area (Å²) in [5, 5.41) is 0. The van der Waals surface area contributed by atoms with Crippen molar-refractivity contribution in [3.63, 3.8) is 0 Å². The minimum Gasteiger partial charge on any atom is -0.491 e. The van der Waals surface area contributed by atoms with E-state index in [0.29, 0.717) is 12.5 Å². The van der Waals surface area contributed by atoms with Crippen molar-refractivity contribution >= 4 is 11.1 Å². The number of rotatable bonds is 6. The molecule has 0 fully saturated rings. The predicted octanol–water partition coefficient (Wildman–Crippen LogP) is 4.77. The highest BCUT2D eigenvalue weighted by molar-refractivity contribution is 5.77. The lowest BCUT2D eigenvalue weighted by Crippen LogP contribution is -1.99. The van der Waals surface area contributed by atoms with Crippen molar-refractivity contribution < 1.29 is 9.15 Å². The summed E-state index contributed by atoms with van der Waals surface area (Å²) in [7, 11) is 0. The number of nitrogens with zero attached hydrogens (tertiary/aromatic N) is 2. The van der Waals surface area contributed by atoms with E-state index in [1.54, 1.807) is 12.4 Å². The molecule has 0 bridgehead atoms. The van der Waals surface area contributed by atoms with Gasteiger partial charge in [0, 0.05) is 6.20 Å². The average molecular weight is 296 g/mol. The number of benzene rings is 1. The Balaban J connectivity index is 1.89. The van der Waals surface area contributed by atoms with Gasteiger partial charge in [-0.1, -0.05) is 25.8 Å². The van der Waals surface area contributed by atoms with Crippen LogP contribution in [-0.2, 0) is 0 Å². The monoisotopic (exact) mass is 296 g/mol. The van der Waals surface area contributed by atoms with Crippen molar-refractivity contribution in [1.29, 1.82) is 0 Å². The molecule has 0 spiro atoms. The Bertz CT molecular complexity index is 765. The number of oxazole rings is 1. The van der Waals surface area contributed by atoms with E-state index >= 15 is 0 Å². The highest BCUT2D eigenvalue weighted by Gasteiger charge is 2.13. The third-order valence-electron chi connectivity index (χ3n) is 3.56. The first-order chi connectivity index (χ1) is 10.8. The summed E-state index contributed by atoms with van der Waals surface area (Å²) in [6.45, 7) is 4.91. The zero-order chi connectivity index (χ0) is 15.4. The Morgan fingerprint density at radius 2 is 2.09 bits per heavy atom. The summed E-state index contributed by atoms with van der Waals surface area (Å²) in [6, 6.07) is 7.87. The van der Waals surface area contributed by atoms with Crippen LogP contribution >= 0.6 is 0 Å². The van der Waals surface area contributed by atoms with E-state index in [0.717, 1.165) is 40.8 Å². The van der Waals surface area contributed by atoms with E-state index < -0.39 is 0 Å². The second-order valence-corrected chi connectivity index (χ2v) is 5.42. The molecule has 2 aromatic heterocycles. The smallest absolute Gasteiger partial charge is 0.231 e. The molecule has 0 amide bonds. The Labute approximate surface area is 130 Å². The minimum atomic E-state index is 0.577. The molecule has 1 aromatic carbocycles. The Kier molecular flexibility index (Phi) is 4.37. The van der Waals surface area contributed by atoms with E-state index in [1.165, 1.54) is 6.42 Å². The second-order valence-electron chi connectivity index (χ2n) is 5.42. The predicted molar refractivity (Wildman–Crippen MR) is 87.0 cm³/mol. The fourth-order valence-corrected chi connectivity index (χ4v) is 2.36. The molecule has 4 heteroatoms. The largest absolute Gasteiger partial charge is 0.491 e. The average Bonchev–Trinajstić information content (AvgIpc) is 2.95. The lowest BCUT2D eigenvalue weighted by molar-refractivity contribution is 0.305. The number of hydrogen-bond donors (Lipinski definition) is 0. The first-order valence-electron chi connectivity index (χ1n) is 7.72. The molecule has 0 radical (unpaired) electrons. The molecule has 0 aliphatic carbocycles. The third kappa shape index (κ3) is 3.11. The molecule has 0 aliphatic heterocycles. The molecule has 0 unspecified atom stereocenters. The first kappa shape index (κ1) is 14.6. The van der Waals surface area contributed by atoms with Crippen LogP contribution in [0.15, 0.2) is 41.1 Å². The lowest BCUT2D eigenvalue weighted by atomic mass is 10.2. The second kappa shape index (κ2) is 6.60. The highest BCUT2D eigenvalue weighted by Crippen LogP contribution is 2.31. The maximum Gasteiger partial charge on any atom is 0.231 e. The molecular weight excluding hydrogens is 276 g/mol. The fourth-order valence-electron chi connectivity index (χ4n) is 2.36. The number of aromatic nitrogens is 2. The van der Waals surface area contributed by atoms with Gasteiger partial charge in [0.1, 0.15) is 11.3 Å². The molecule has 2 heterocycles. The van der Waals surface area contributed by atoms with E-state index in [1.807, 2.05) is 31.2 Å². The Morgan fingerprint density at radius 1 is 1.18 bits per heavy atom. The number of aryl methyl sites for hydroxylation is 1. The number of fused-ring (bicyclic) bond motifs is 1. The van der Waals surface area contributed by atoms with E-state index in [2.05, 4.69) is 16.9 Å². The van der Waals surface area contributed by atoms with Crippen molar-refractivity contribution in [2.24, 2.45) is 0 Å². The standard InChI is InChI=1S/C18H20N2O2/c1-3-4-5-10-21-17-12-19-9-8-14(17)18-20-15-11-13(2)6-7-16(15)22-18/h6-9,11-12H,3-5,10H2,1-2H3. The van der Waals surface area contributed by atoms with E-state index in [4.69, 9.17) is 9.15 Å². The molecule has 0 saturated carbocycles. The van der Waals surface area contributed by atoms with Gasteiger partial charge in [-0.15, -0.1) is 0 Å². The van der Waals surface area contributed by atoms with Crippen LogP contribution in [-0.4, -0.2) is 16.6 Å². The molecule has 0 saturated heterocycles. The van der Waals surface area contributed by atoms with Gasteiger partial charge in [-0.2, -0.15) is 0 Å². The number of ether oxygens (including phenoxy) is 1. The van der Waals surface area contributed by atoms with Gasteiger partial charge in [-0.3, -0.25) is 4.98 Å². The molecule has 0 aliphatic rings. The van der Waals surface area contributed by atoms with Crippen molar-refractivity contribution in [3.05, 3.63) is 42.2 Å². The van der Waals surface area contributed by atoms with Crippen LogP contribution < -0.4 is 4.74 Å². The maximum atomic E-state index is 5.86. The van der Waals surface area contributed by atoms with Gasteiger partial charge in [-0.05, 0) is 37.1 Å². The number of pyridine rings is 1. The summed E-state index contributed by atoms with van der Waals surface area (Å²) >= 11 is 0. The maximum absolute atomic E-state index is 5.86. The van der Waals surface area contributed by atoms with Crippen LogP contribution in [0.2, 0.25) is 0 Å². The Hall–Kier alpha value is -2.36. The van der Waals surface area contributed by atoms with Crippen molar-refractivity contribution in [2.45, 2.75) is 33.1 Å². The van der Waals surface area contributed by atoms with Gasteiger partial charge in [0.05, 0.1) is 18.4 Å². The number of unbranched alkanes of at least 4 members (excludes halogenated alkanes) is 2.